The summed E-state index contributed by atoms with van der Waals surface area (Å²) in [5.41, 5.74) is 0.581. The molecule has 1 unspecified atom stereocenters. The van der Waals surface area contributed by atoms with Crippen LogP contribution in [0.4, 0.5) is 0 Å². The molecule has 3 heterocycles. The molecule has 0 radical (unpaired) electrons. The predicted octanol–water partition coefficient (Wildman–Crippen LogP) is 0.840. The van der Waals surface area contributed by atoms with E-state index in [1.807, 2.05) is 0 Å². The van der Waals surface area contributed by atoms with Crippen LogP contribution in [-0.2, 0) is 23.7 Å². The van der Waals surface area contributed by atoms with Crippen LogP contribution in [-0.4, -0.2) is 38.2 Å². The highest BCUT2D eigenvalue weighted by Gasteiger charge is 2.52. The fourth-order valence-electron chi connectivity index (χ4n) is 2.75. The van der Waals surface area contributed by atoms with Crippen LogP contribution in [0.15, 0.2) is 11.8 Å². The van der Waals surface area contributed by atoms with E-state index >= 15 is 0 Å². The molecular formula is C12H16O5. The van der Waals surface area contributed by atoms with Gasteiger partial charge in [0.05, 0.1) is 37.8 Å². The van der Waals surface area contributed by atoms with Crippen LogP contribution < -0.4 is 0 Å². The summed E-state index contributed by atoms with van der Waals surface area (Å²) in [6.07, 6.45) is 2.44. The molecule has 2 fully saturated rings. The van der Waals surface area contributed by atoms with E-state index < -0.39 is 0 Å². The number of esters is 1. The maximum atomic E-state index is 11.5. The minimum absolute atomic E-state index is 0.198. The molecule has 3 rings (SSSR count). The number of carbonyl (C=O) groups excluding carboxylic acids is 1. The Hall–Kier alpha value is -1.07. The standard InChI is InChI=1S/C12H16O5/c1-6-10(17-6)9-5-16-12-8(9)3-7(4-15-12)11(13)14-2/h4,6,8-10,12H,3,5H2,1-2H3/t6?,8-,9-,10-,12+/m0/s1. The predicted molar refractivity (Wildman–Crippen MR) is 56.9 cm³/mol. The van der Waals surface area contributed by atoms with E-state index in [1.165, 1.54) is 13.4 Å². The third-order valence-electron chi connectivity index (χ3n) is 3.78. The monoisotopic (exact) mass is 240 g/mol. The van der Waals surface area contributed by atoms with Crippen LogP contribution in [0.5, 0.6) is 0 Å². The molecule has 3 aliphatic rings. The van der Waals surface area contributed by atoms with Gasteiger partial charge in [-0.1, -0.05) is 0 Å². The first-order valence-electron chi connectivity index (χ1n) is 5.90. The van der Waals surface area contributed by atoms with Crippen LogP contribution >= 0.6 is 0 Å². The summed E-state index contributed by atoms with van der Waals surface area (Å²) < 4.78 is 21.2. The van der Waals surface area contributed by atoms with E-state index in [-0.39, 0.29) is 24.3 Å². The van der Waals surface area contributed by atoms with Crippen LogP contribution in [0.25, 0.3) is 0 Å². The number of hydrogen-bond donors (Lipinski definition) is 0. The molecule has 0 aromatic heterocycles. The van der Waals surface area contributed by atoms with Crippen LogP contribution in [0.1, 0.15) is 13.3 Å². The second-order valence-corrected chi connectivity index (χ2v) is 4.81. The molecule has 0 aliphatic carbocycles. The van der Waals surface area contributed by atoms with E-state index in [9.17, 15) is 4.79 Å². The number of carbonyl (C=O) groups is 1. The Morgan fingerprint density at radius 2 is 2.24 bits per heavy atom. The molecule has 0 aromatic carbocycles. The molecule has 2 saturated heterocycles. The fourth-order valence-corrected chi connectivity index (χ4v) is 2.75. The smallest absolute Gasteiger partial charge is 0.336 e. The van der Waals surface area contributed by atoms with Gasteiger partial charge in [0, 0.05) is 11.8 Å². The second-order valence-electron chi connectivity index (χ2n) is 4.81. The molecule has 94 valence electrons. The minimum atomic E-state index is -0.320. The number of rotatable bonds is 2. The highest BCUT2D eigenvalue weighted by atomic mass is 16.7. The molecule has 0 N–H and O–H groups in total. The number of methoxy groups -OCH3 is 1. The molecule has 5 nitrogen and oxygen atoms in total. The quantitative estimate of drug-likeness (QED) is 0.529. The Labute approximate surface area is 99.7 Å². The lowest BCUT2D eigenvalue weighted by atomic mass is 9.85. The van der Waals surface area contributed by atoms with Gasteiger partial charge in [-0.3, -0.25) is 0 Å². The third-order valence-corrected chi connectivity index (χ3v) is 3.78. The van der Waals surface area contributed by atoms with Crippen molar-refractivity contribution in [2.24, 2.45) is 11.8 Å². The number of fused-ring (bicyclic) bond motifs is 1. The molecular weight excluding hydrogens is 224 g/mol. The lowest BCUT2D eigenvalue weighted by molar-refractivity contribution is -0.139. The first kappa shape index (κ1) is 11.0. The molecule has 0 spiro atoms. The zero-order valence-corrected chi connectivity index (χ0v) is 9.92. The van der Waals surface area contributed by atoms with Crippen molar-refractivity contribution in [3.63, 3.8) is 0 Å². The van der Waals surface area contributed by atoms with Crippen molar-refractivity contribution in [2.45, 2.75) is 31.8 Å². The highest BCUT2D eigenvalue weighted by Crippen LogP contribution is 2.44. The van der Waals surface area contributed by atoms with E-state index in [1.54, 1.807) is 0 Å². The normalized spacial score (nSPS) is 43.4. The topological polar surface area (TPSA) is 57.3 Å². The minimum Gasteiger partial charge on any atom is -0.472 e. The zero-order chi connectivity index (χ0) is 12.0. The third kappa shape index (κ3) is 1.83. The van der Waals surface area contributed by atoms with Crippen LogP contribution in [0.2, 0.25) is 0 Å². The van der Waals surface area contributed by atoms with Gasteiger partial charge in [-0.05, 0) is 13.3 Å². The maximum absolute atomic E-state index is 11.5. The van der Waals surface area contributed by atoms with Crippen molar-refractivity contribution in [1.82, 2.24) is 0 Å². The summed E-state index contributed by atoms with van der Waals surface area (Å²) in [5.74, 6) is 0.200. The summed E-state index contributed by atoms with van der Waals surface area (Å²) in [4.78, 5) is 11.5. The highest BCUT2D eigenvalue weighted by molar-refractivity contribution is 5.88. The summed E-state index contributed by atoms with van der Waals surface area (Å²) in [6.45, 7) is 2.70. The van der Waals surface area contributed by atoms with Gasteiger partial charge < -0.3 is 18.9 Å². The summed E-state index contributed by atoms with van der Waals surface area (Å²) in [6, 6.07) is 0. The van der Waals surface area contributed by atoms with Gasteiger partial charge in [0.25, 0.3) is 0 Å². The largest absolute Gasteiger partial charge is 0.472 e. The SMILES string of the molecule is COC(=O)C1=CO[C@@H]2OC[C@H]([C@H]3OC3C)[C@@H]2C1. The van der Waals surface area contributed by atoms with Crippen molar-refractivity contribution in [3.05, 3.63) is 11.8 Å². The second kappa shape index (κ2) is 3.99. The van der Waals surface area contributed by atoms with E-state index in [0.717, 1.165) is 0 Å². The number of hydrogen-bond acceptors (Lipinski definition) is 5. The first-order chi connectivity index (χ1) is 8.20. The van der Waals surface area contributed by atoms with Crippen molar-refractivity contribution >= 4 is 5.97 Å². The summed E-state index contributed by atoms with van der Waals surface area (Å²) in [5, 5.41) is 0. The van der Waals surface area contributed by atoms with Gasteiger partial charge >= 0.3 is 5.97 Å². The van der Waals surface area contributed by atoms with Crippen LogP contribution in [0.3, 0.4) is 0 Å². The summed E-state index contributed by atoms with van der Waals surface area (Å²) >= 11 is 0. The molecule has 0 aromatic rings. The van der Waals surface area contributed by atoms with Gasteiger partial charge in [0.2, 0.25) is 6.29 Å². The van der Waals surface area contributed by atoms with Crippen molar-refractivity contribution < 1.29 is 23.7 Å². The molecule has 0 amide bonds. The molecule has 5 atom stereocenters. The van der Waals surface area contributed by atoms with Crippen molar-refractivity contribution in [1.29, 1.82) is 0 Å². The molecule has 17 heavy (non-hydrogen) atoms. The van der Waals surface area contributed by atoms with E-state index in [2.05, 4.69) is 6.92 Å². The Morgan fingerprint density at radius 1 is 1.47 bits per heavy atom. The molecule has 0 bridgehead atoms. The maximum Gasteiger partial charge on any atom is 0.336 e. The lowest BCUT2D eigenvalue weighted by Gasteiger charge is -2.26. The number of epoxide rings is 1. The van der Waals surface area contributed by atoms with Crippen LogP contribution in [0, 0.1) is 11.8 Å². The first-order valence-corrected chi connectivity index (χ1v) is 5.90. The van der Waals surface area contributed by atoms with E-state index in [4.69, 9.17) is 18.9 Å². The zero-order valence-electron chi connectivity index (χ0n) is 9.92. The van der Waals surface area contributed by atoms with Gasteiger partial charge in [-0.15, -0.1) is 0 Å². The van der Waals surface area contributed by atoms with Gasteiger partial charge in [0.15, 0.2) is 0 Å². The van der Waals surface area contributed by atoms with Crippen molar-refractivity contribution in [3.8, 4) is 0 Å². The average Bonchev–Trinajstić information content (AvgIpc) is 2.92. The van der Waals surface area contributed by atoms with Gasteiger partial charge in [0.1, 0.15) is 0 Å². The lowest BCUT2D eigenvalue weighted by Crippen LogP contribution is -2.30. The summed E-state index contributed by atoms with van der Waals surface area (Å²) in [7, 11) is 1.38. The Bertz CT molecular complexity index is 364. The van der Waals surface area contributed by atoms with Gasteiger partial charge in [-0.25, -0.2) is 4.79 Å². The van der Waals surface area contributed by atoms with Gasteiger partial charge in [-0.2, -0.15) is 0 Å². The van der Waals surface area contributed by atoms with E-state index in [0.29, 0.717) is 30.6 Å². The average molecular weight is 240 g/mol. The molecule has 3 aliphatic heterocycles. The Morgan fingerprint density at radius 3 is 2.88 bits per heavy atom. The van der Waals surface area contributed by atoms with Crippen molar-refractivity contribution in [2.75, 3.05) is 13.7 Å². The fraction of sp³-hybridized carbons (Fsp3) is 0.750. The number of ether oxygens (including phenoxy) is 4. The molecule has 5 heteroatoms. The Balaban J connectivity index is 1.72. The molecule has 0 saturated carbocycles. The Kier molecular flexibility index (Phi) is 2.60.